The van der Waals surface area contributed by atoms with Crippen LogP contribution in [0.5, 0.6) is 0 Å². The van der Waals surface area contributed by atoms with Crippen molar-refractivity contribution < 1.29 is 9.18 Å². The molecule has 1 aromatic heterocycles. The summed E-state index contributed by atoms with van der Waals surface area (Å²) in [5.41, 5.74) is 3.47. The molecular formula is C20H26FN3O. The van der Waals surface area contributed by atoms with Gasteiger partial charge in [-0.1, -0.05) is 13.3 Å². The fourth-order valence-electron chi connectivity index (χ4n) is 2.76. The zero-order valence-corrected chi connectivity index (χ0v) is 15.4. The minimum Gasteiger partial charge on any atom is -0.339 e. The van der Waals surface area contributed by atoms with Gasteiger partial charge in [0.25, 0.3) is 0 Å². The zero-order valence-electron chi connectivity index (χ0n) is 15.4. The maximum atomic E-state index is 13.1. The van der Waals surface area contributed by atoms with Crippen molar-refractivity contribution in [2.45, 2.75) is 40.5 Å². The summed E-state index contributed by atoms with van der Waals surface area (Å²) < 4.78 is 14.9. The van der Waals surface area contributed by atoms with Crippen LogP contribution in [0.15, 0.2) is 30.3 Å². The number of amides is 1. The molecule has 0 saturated heterocycles. The van der Waals surface area contributed by atoms with Crippen LogP contribution in [0.2, 0.25) is 0 Å². The van der Waals surface area contributed by atoms with Crippen LogP contribution in [0, 0.1) is 19.7 Å². The summed E-state index contributed by atoms with van der Waals surface area (Å²) in [5, 5.41) is 4.52. The Morgan fingerprint density at radius 1 is 1.24 bits per heavy atom. The lowest BCUT2D eigenvalue weighted by Gasteiger charge is -2.18. The second-order valence-electron chi connectivity index (χ2n) is 6.08. The fourth-order valence-corrected chi connectivity index (χ4v) is 2.76. The third-order valence-electron chi connectivity index (χ3n) is 4.29. The topological polar surface area (TPSA) is 38.1 Å². The van der Waals surface area contributed by atoms with Gasteiger partial charge in [0, 0.05) is 30.4 Å². The number of aryl methyl sites for hydroxylation is 1. The molecule has 25 heavy (non-hydrogen) atoms. The number of benzene rings is 1. The van der Waals surface area contributed by atoms with Crippen LogP contribution < -0.4 is 0 Å². The van der Waals surface area contributed by atoms with Gasteiger partial charge in [-0.3, -0.25) is 4.79 Å². The quantitative estimate of drug-likeness (QED) is 0.703. The number of hydrogen-bond donors (Lipinski definition) is 0. The Labute approximate surface area is 149 Å². The summed E-state index contributed by atoms with van der Waals surface area (Å²) in [6.07, 6.45) is 5.52. The minimum atomic E-state index is -0.275. The summed E-state index contributed by atoms with van der Waals surface area (Å²) in [7, 11) is 0. The van der Waals surface area contributed by atoms with E-state index in [2.05, 4.69) is 12.0 Å². The number of halogens is 1. The zero-order chi connectivity index (χ0) is 18.4. The number of carbonyl (C=O) groups is 1. The molecule has 0 N–H and O–H groups in total. The molecule has 0 aliphatic carbocycles. The Morgan fingerprint density at radius 3 is 2.52 bits per heavy atom. The Bertz CT molecular complexity index is 747. The first-order chi connectivity index (χ1) is 12.0. The SMILES string of the molecule is CCCCN(CC)C(=O)/C=C/c1c(C)nn(-c2ccc(F)cc2)c1C. The second-order valence-corrected chi connectivity index (χ2v) is 6.08. The molecule has 0 atom stereocenters. The molecule has 2 rings (SSSR count). The van der Waals surface area contributed by atoms with E-state index in [-0.39, 0.29) is 11.7 Å². The maximum absolute atomic E-state index is 13.1. The van der Waals surface area contributed by atoms with Crippen molar-refractivity contribution in [3.63, 3.8) is 0 Å². The van der Waals surface area contributed by atoms with Crippen molar-refractivity contribution in [3.05, 3.63) is 53.1 Å². The lowest BCUT2D eigenvalue weighted by atomic mass is 10.1. The predicted octanol–water partition coefficient (Wildman–Crippen LogP) is 4.29. The van der Waals surface area contributed by atoms with Crippen molar-refractivity contribution in [1.82, 2.24) is 14.7 Å². The molecular weight excluding hydrogens is 317 g/mol. The summed E-state index contributed by atoms with van der Waals surface area (Å²) in [5.74, 6) is -0.257. The average molecular weight is 343 g/mol. The molecule has 0 aliphatic rings. The normalized spacial score (nSPS) is 11.2. The lowest BCUT2D eigenvalue weighted by Crippen LogP contribution is -2.30. The van der Waals surface area contributed by atoms with Crippen molar-refractivity contribution in [3.8, 4) is 5.69 Å². The highest BCUT2D eigenvalue weighted by Crippen LogP contribution is 2.19. The molecule has 0 spiro atoms. The smallest absolute Gasteiger partial charge is 0.246 e. The molecule has 0 bridgehead atoms. The van der Waals surface area contributed by atoms with Gasteiger partial charge in [0.2, 0.25) is 5.91 Å². The minimum absolute atomic E-state index is 0.0179. The van der Waals surface area contributed by atoms with Gasteiger partial charge in [0.1, 0.15) is 5.82 Å². The highest BCUT2D eigenvalue weighted by atomic mass is 19.1. The van der Waals surface area contributed by atoms with E-state index in [1.807, 2.05) is 31.7 Å². The first-order valence-electron chi connectivity index (χ1n) is 8.77. The summed E-state index contributed by atoms with van der Waals surface area (Å²) in [6, 6.07) is 6.21. The number of unbranched alkanes of at least 4 members (excludes halogenated alkanes) is 1. The number of hydrogen-bond acceptors (Lipinski definition) is 2. The van der Waals surface area contributed by atoms with Gasteiger partial charge in [-0.05, 0) is 57.5 Å². The van der Waals surface area contributed by atoms with Gasteiger partial charge in [0.05, 0.1) is 11.4 Å². The van der Waals surface area contributed by atoms with Crippen LogP contribution in [0.3, 0.4) is 0 Å². The second kappa shape index (κ2) is 8.60. The van der Waals surface area contributed by atoms with Crippen LogP contribution >= 0.6 is 0 Å². The first kappa shape index (κ1) is 18.9. The molecule has 1 amide bonds. The van der Waals surface area contributed by atoms with Gasteiger partial charge < -0.3 is 4.90 Å². The van der Waals surface area contributed by atoms with Crippen molar-refractivity contribution in [2.24, 2.45) is 0 Å². The first-order valence-corrected chi connectivity index (χ1v) is 8.77. The fraction of sp³-hybridized carbons (Fsp3) is 0.400. The molecule has 2 aromatic rings. The van der Waals surface area contributed by atoms with E-state index in [0.29, 0.717) is 6.54 Å². The van der Waals surface area contributed by atoms with E-state index in [9.17, 15) is 9.18 Å². The van der Waals surface area contributed by atoms with Crippen molar-refractivity contribution in [2.75, 3.05) is 13.1 Å². The predicted molar refractivity (Wildman–Crippen MR) is 99.2 cm³/mol. The van der Waals surface area contributed by atoms with Crippen LogP contribution in [0.4, 0.5) is 4.39 Å². The van der Waals surface area contributed by atoms with E-state index in [0.717, 1.165) is 42.0 Å². The molecule has 0 aliphatic heterocycles. The monoisotopic (exact) mass is 343 g/mol. The van der Waals surface area contributed by atoms with E-state index in [1.54, 1.807) is 22.9 Å². The molecule has 0 radical (unpaired) electrons. The Morgan fingerprint density at radius 2 is 1.92 bits per heavy atom. The van der Waals surface area contributed by atoms with Gasteiger partial charge >= 0.3 is 0 Å². The van der Waals surface area contributed by atoms with Gasteiger partial charge in [-0.15, -0.1) is 0 Å². The highest BCUT2D eigenvalue weighted by Gasteiger charge is 2.12. The molecule has 4 nitrogen and oxygen atoms in total. The molecule has 1 heterocycles. The molecule has 0 fully saturated rings. The molecule has 0 unspecified atom stereocenters. The molecule has 134 valence electrons. The van der Waals surface area contributed by atoms with Crippen LogP contribution in [-0.4, -0.2) is 33.7 Å². The van der Waals surface area contributed by atoms with Gasteiger partial charge in [-0.2, -0.15) is 5.10 Å². The number of carbonyl (C=O) groups excluding carboxylic acids is 1. The summed E-state index contributed by atoms with van der Waals surface area (Å²) in [6.45, 7) is 9.45. The van der Waals surface area contributed by atoms with Crippen molar-refractivity contribution >= 4 is 12.0 Å². The van der Waals surface area contributed by atoms with E-state index < -0.39 is 0 Å². The lowest BCUT2D eigenvalue weighted by molar-refractivity contribution is -0.125. The van der Waals surface area contributed by atoms with E-state index in [1.165, 1.54) is 12.1 Å². The Kier molecular flexibility index (Phi) is 6.51. The van der Waals surface area contributed by atoms with Crippen LogP contribution in [0.25, 0.3) is 11.8 Å². The molecule has 5 heteroatoms. The number of rotatable bonds is 7. The van der Waals surface area contributed by atoms with Crippen LogP contribution in [-0.2, 0) is 4.79 Å². The van der Waals surface area contributed by atoms with Crippen LogP contribution in [0.1, 0.15) is 43.6 Å². The third-order valence-corrected chi connectivity index (χ3v) is 4.29. The number of aromatic nitrogens is 2. The molecule has 1 aromatic carbocycles. The standard InChI is InChI=1S/C20H26FN3O/c1-5-7-14-23(6-2)20(25)13-12-19-15(3)22-24(16(19)4)18-10-8-17(21)9-11-18/h8-13H,5-7,14H2,1-4H3/b13-12+. The highest BCUT2D eigenvalue weighted by molar-refractivity contribution is 5.92. The van der Waals surface area contributed by atoms with Crippen molar-refractivity contribution in [1.29, 1.82) is 0 Å². The Hall–Kier alpha value is -2.43. The molecule has 0 saturated carbocycles. The third kappa shape index (κ3) is 4.56. The van der Waals surface area contributed by atoms with Gasteiger partial charge in [0.15, 0.2) is 0 Å². The number of nitrogens with zero attached hydrogens (tertiary/aromatic N) is 3. The number of likely N-dealkylation sites (N-methyl/N-ethyl adjacent to an activating group) is 1. The maximum Gasteiger partial charge on any atom is 0.246 e. The average Bonchev–Trinajstić information content (AvgIpc) is 2.88. The van der Waals surface area contributed by atoms with Gasteiger partial charge in [-0.25, -0.2) is 9.07 Å². The largest absolute Gasteiger partial charge is 0.339 e. The van der Waals surface area contributed by atoms with E-state index >= 15 is 0 Å². The van der Waals surface area contributed by atoms with E-state index in [4.69, 9.17) is 0 Å². The summed E-state index contributed by atoms with van der Waals surface area (Å²) >= 11 is 0. The Balaban J connectivity index is 2.22. The summed E-state index contributed by atoms with van der Waals surface area (Å²) in [4.78, 5) is 14.2.